The Labute approximate surface area is 132 Å². The van der Waals surface area contributed by atoms with Crippen molar-refractivity contribution in [3.8, 4) is 5.69 Å². The molecule has 4 heteroatoms. The highest BCUT2D eigenvalue weighted by Crippen LogP contribution is 2.14. The standard InChI is InChI=1S/C18H18N2OS/c1-4-14-6-8-15(9-7-14)20-18(21)17(13(3)19-20)11-16-10-5-12(2)22-16/h5-11,19H,3-4H2,1-2H3/b17-11+. The average molecular weight is 310 g/mol. The lowest BCUT2D eigenvalue weighted by molar-refractivity contribution is 0.837. The predicted molar refractivity (Wildman–Crippen MR) is 93.2 cm³/mol. The summed E-state index contributed by atoms with van der Waals surface area (Å²) in [6.07, 6.45) is 2.88. The number of hydrogen-bond acceptors (Lipinski definition) is 2. The molecule has 0 spiro atoms. The van der Waals surface area contributed by atoms with Gasteiger partial charge in [0, 0.05) is 9.75 Å². The Morgan fingerprint density at radius 3 is 2.55 bits per heavy atom. The van der Waals surface area contributed by atoms with Crippen molar-refractivity contribution in [1.29, 1.82) is 0 Å². The summed E-state index contributed by atoms with van der Waals surface area (Å²) in [5.41, 5.74) is 2.01. The molecule has 3 nitrogen and oxygen atoms in total. The Morgan fingerprint density at radius 2 is 1.95 bits per heavy atom. The van der Waals surface area contributed by atoms with Crippen molar-refractivity contribution in [2.24, 2.45) is 0 Å². The number of aromatic nitrogens is 2. The second-order valence-corrected chi connectivity index (χ2v) is 6.58. The van der Waals surface area contributed by atoms with Crippen LogP contribution in [0.5, 0.6) is 0 Å². The SMILES string of the molecule is C=c1[nH]n(-c2ccc(CC)cc2)c(=O)/c1=C/c1ccc(C)s1. The third-order valence-electron chi connectivity index (χ3n) is 3.66. The maximum atomic E-state index is 12.6. The number of rotatable bonds is 3. The molecule has 0 amide bonds. The summed E-state index contributed by atoms with van der Waals surface area (Å²) in [5, 5.41) is 4.31. The summed E-state index contributed by atoms with van der Waals surface area (Å²) < 4.78 is 1.55. The molecule has 0 atom stereocenters. The molecule has 1 aromatic carbocycles. The minimum absolute atomic E-state index is 0.0692. The van der Waals surface area contributed by atoms with Gasteiger partial charge in [-0.05, 0) is 49.2 Å². The monoisotopic (exact) mass is 310 g/mol. The Balaban J connectivity index is 2.12. The van der Waals surface area contributed by atoms with E-state index in [-0.39, 0.29) is 5.56 Å². The lowest BCUT2D eigenvalue weighted by atomic mass is 10.1. The third kappa shape index (κ3) is 2.70. The lowest BCUT2D eigenvalue weighted by Gasteiger charge is -2.02. The molecule has 0 aliphatic rings. The minimum Gasteiger partial charge on any atom is -0.291 e. The molecule has 0 saturated carbocycles. The normalized spacial score (nSPS) is 12.0. The van der Waals surface area contributed by atoms with Crippen molar-refractivity contribution in [1.82, 2.24) is 9.78 Å². The van der Waals surface area contributed by atoms with Gasteiger partial charge in [0.05, 0.1) is 16.3 Å². The maximum Gasteiger partial charge on any atom is 0.279 e. The highest BCUT2D eigenvalue weighted by atomic mass is 32.1. The Kier molecular flexibility index (Phi) is 3.86. The van der Waals surface area contributed by atoms with Gasteiger partial charge >= 0.3 is 0 Å². The van der Waals surface area contributed by atoms with Gasteiger partial charge in [0.15, 0.2) is 0 Å². The van der Waals surface area contributed by atoms with Crippen LogP contribution in [-0.2, 0) is 6.42 Å². The number of thiophene rings is 1. The topological polar surface area (TPSA) is 37.8 Å². The quantitative estimate of drug-likeness (QED) is 0.792. The van der Waals surface area contributed by atoms with Crippen molar-refractivity contribution in [2.75, 3.05) is 0 Å². The first-order valence-electron chi connectivity index (χ1n) is 7.26. The molecule has 0 bridgehead atoms. The van der Waals surface area contributed by atoms with E-state index in [0.717, 1.165) is 17.0 Å². The zero-order chi connectivity index (χ0) is 15.7. The Hall–Kier alpha value is -2.33. The average Bonchev–Trinajstić information content (AvgIpc) is 3.06. The number of H-pyrrole nitrogens is 1. The molecule has 3 rings (SSSR count). The summed E-state index contributed by atoms with van der Waals surface area (Å²) in [5.74, 6) is 0. The molecule has 112 valence electrons. The van der Waals surface area contributed by atoms with Gasteiger partial charge in [0.2, 0.25) is 0 Å². The highest BCUT2D eigenvalue weighted by molar-refractivity contribution is 7.12. The van der Waals surface area contributed by atoms with Gasteiger partial charge in [0.1, 0.15) is 0 Å². The third-order valence-corrected chi connectivity index (χ3v) is 4.60. The van der Waals surface area contributed by atoms with Crippen molar-refractivity contribution >= 4 is 24.0 Å². The van der Waals surface area contributed by atoms with Crippen LogP contribution < -0.4 is 16.1 Å². The van der Waals surface area contributed by atoms with Crippen LogP contribution in [0.4, 0.5) is 0 Å². The van der Waals surface area contributed by atoms with E-state index in [0.29, 0.717) is 10.6 Å². The fourth-order valence-corrected chi connectivity index (χ4v) is 3.20. The van der Waals surface area contributed by atoms with Crippen molar-refractivity contribution < 1.29 is 0 Å². The molecule has 1 N–H and O–H groups in total. The summed E-state index contributed by atoms with van der Waals surface area (Å²) >= 11 is 1.66. The number of hydrogen-bond donors (Lipinski definition) is 1. The summed E-state index contributed by atoms with van der Waals surface area (Å²) in [4.78, 5) is 14.9. The molecule has 2 heterocycles. The van der Waals surface area contributed by atoms with Crippen molar-refractivity contribution in [3.63, 3.8) is 0 Å². The molecule has 2 aromatic heterocycles. The number of aryl methyl sites for hydroxylation is 2. The van der Waals surface area contributed by atoms with Crippen LogP contribution in [0.2, 0.25) is 0 Å². The fourth-order valence-electron chi connectivity index (χ4n) is 2.38. The summed E-state index contributed by atoms with van der Waals surface area (Å²) in [7, 11) is 0. The van der Waals surface area contributed by atoms with E-state index in [2.05, 4.69) is 25.5 Å². The van der Waals surface area contributed by atoms with Crippen LogP contribution in [0.25, 0.3) is 18.3 Å². The molecule has 0 radical (unpaired) electrons. The molecule has 3 aromatic rings. The first-order valence-corrected chi connectivity index (χ1v) is 8.07. The van der Waals surface area contributed by atoms with Crippen LogP contribution >= 0.6 is 11.3 Å². The van der Waals surface area contributed by atoms with Crippen LogP contribution in [0.1, 0.15) is 22.2 Å². The Morgan fingerprint density at radius 1 is 1.23 bits per heavy atom. The first-order chi connectivity index (χ1) is 10.6. The van der Waals surface area contributed by atoms with Gasteiger partial charge < -0.3 is 0 Å². The molecule has 0 aliphatic carbocycles. The van der Waals surface area contributed by atoms with Gasteiger partial charge in [0.25, 0.3) is 5.56 Å². The Bertz CT molecular complexity index is 958. The molecule has 0 saturated heterocycles. The molecule has 22 heavy (non-hydrogen) atoms. The molecule has 0 aliphatic heterocycles. The van der Waals surface area contributed by atoms with Crippen LogP contribution in [0.3, 0.4) is 0 Å². The lowest BCUT2D eigenvalue weighted by Crippen LogP contribution is -2.33. The summed E-state index contributed by atoms with van der Waals surface area (Å²) in [6, 6.07) is 12.1. The number of benzene rings is 1. The van der Waals surface area contributed by atoms with Crippen molar-refractivity contribution in [3.05, 3.63) is 72.6 Å². The fraction of sp³-hybridized carbons (Fsp3) is 0.167. The van der Waals surface area contributed by atoms with Crippen LogP contribution in [-0.4, -0.2) is 9.78 Å². The minimum atomic E-state index is -0.0692. The van der Waals surface area contributed by atoms with E-state index in [1.54, 1.807) is 16.0 Å². The molecular formula is C18H18N2OS. The molecule has 0 unspecified atom stereocenters. The maximum absolute atomic E-state index is 12.6. The van der Waals surface area contributed by atoms with E-state index in [1.807, 2.05) is 42.5 Å². The summed E-state index contributed by atoms with van der Waals surface area (Å²) in [6.45, 7) is 8.13. The highest BCUT2D eigenvalue weighted by Gasteiger charge is 2.05. The largest absolute Gasteiger partial charge is 0.291 e. The van der Waals surface area contributed by atoms with Crippen LogP contribution in [0.15, 0.2) is 41.2 Å². The number of nitrogens with one attached hydrogen (secondary N) is 1. The van der Waals surface area contributed by atoms with E-state index < -0.39 is 0 Å². The van der Waals surface area contributed by atoms with Gasteiger partial charge in [-0.3, -0.25) is 9.89 Å². The van der Waals surface area contributed by atoms with E-state index >= 15 is 0 Å². The van der Waals surface area contributed by atoms with Crippen molar-refractivity contribution in [2.45, 2.75) is 20.3 Å². The number of aromatic amines is 1. The zero-order valence-electron chi connectivity index (χ0n) is 12.7. The van der Waals surface area contributed by atoms with Gasteiger partial charge in [-0.2, -0.15) is 0 Å². The van der Waals surface area contributed by atoms with Gasteiger partial charge in [-0.15, -0.1) is 11.3 Å². The smallest absolute Gasteiger partial charge is 0.279 e. The number of nitrogens with zero attached hydrogens (tertiary/aromatic N) is 1. The second kappa shape index (κ2) is 5.81. The van der Waals surface area contributed by atoms with Gasteiger partial charge in [-0.25, -0.2) is 4.68 Å². The predicted octanol–water partition coefficient (Wildman–Crippen LogP) is 2.34. The second-order valence-electron chi connectivity index (χ2n) is 5.26. The van der Waals surface area contributed by atoms with E-state index in [4.69, 9.17) is 0 Å². The molecular weight excluding hydrogens is 292 g/mol. The molecule has 0 fully saturated rings. The zero-order valence-corrected chi connectivity index (χ0v) is 13.5. The van der Waals surface area contributed by atoms with Crippen LogP contribution in [0, 0.1) is 6.92 Å². The van der Waals surface area contributed by atoms with Gasteiger partial charge in [-0.1, -0.05) is 25.6 Å². The van der Waals surface area contributed by atoms with E-state index in [1.165, 1.54) is 10.4 Å². The first kappa shape index (κ1) is 14.6. The van der Waals surface area contributed by atoms with E-state index in [9.17, 15) is 4.79 Å².